The van der Waals surface area contributed by atoms with Gasteiger partial charge in [0.2, 0.25) is 0 Å². The summed E-state index contributed by atoms with van der Waals surface area (Å²) in [5.41, 5.74) is -0.334. The molecule has 0 atom stereocenters. The second kappa shape index (κ2) is 6.11. The van der Waals surface area contributed by atoms with E-state index < -0.39 is 22.3 Å². The molecule has 0 saturated carbocycles. The zero-order valence-corrected chi connectivity index (χ0v) is 14.1. The first-order valence-electron chi connectivity index (χ1n) is 7.16. The van der Waals surface area contributed by atoms with Crippen molar-refractivity contribution in [3.63, 3.8) is 0 Å². The van der Waals surface area contributed by atoms with Crippen molar-refractivity contribution in [2.45, 2.75) is 39.3 Å². The summed E-state index contributed by atoms with van der Waals surface area (Å²) in [4.78, 5) is 3.35. The Labute approximate surface area is 136 Å². The van der Waals surface area contributed by atoms with Crippen molar-refractivity contribution < 1.29 is 17.6 Å². The van der Waals surface area contributed by atoms with E-state index in [0.29, 0.717) is 22.9 Å². The minimum atomic E-state index is -4.52. The van der Waals surface area contributed by atoms with Gasteiger partial charge in [-0.2, -0.15) is 13.2 Å². The third-order valence-electron chi connectivity index (χ3n) is 3.14. The maximum Gasteiger partial charge on any atom is 0.427 e. The van der Waals surface area contributed by atoms with Gasteiger partial charge in [0.25, 0.3) is 0 Å². The van der Waals surface area contributed by atoms with E-state index in [-0.39, 0.29) is 16.9 Å². The Morgan fingerprint density at radius 3 is 2.30 bits per heavy atom. The lowest BCUT2D eigenvalue weighted by Gasteiger charge is -2.13. The first-order chi connectivity index (χ1) is 10.5. The second-order valence-electron chi connectivity index (χ2n) is 6.17. The molecule has 0 radical (unpaired) electrons. The van der Waals surface area contributed by atoms with Gasteiger partial charge in [-0.3, -0.25) is 0 Å². The summed E-state index contributed by atoms with van der Waals surface area (Å²) in [6, 6.07) is 3.98. The molecule has 7 heteroatoms. The van der Waals surface area contributed by atoms with Crippen LogP contribution in [0.5, 0.6) is 0 Å². The van der Waals surface area contributed by atoms with Crippen LogP contribution in [0.3, 0.4) is 0 Å². The molecule has 0 aliphatic rings. The van der Waals surface area contributed by atoms with E-state index in [1.165, 1.54) is 12.1 Å². The molecule has 0 aliphatic carbocycles. The maximum atomic E-state index is 14.0. The van der Waals surface area contributed by atoms with E-state index in [4.69, 9.17) is 0 Å². The fourth-order valence-electron chi connectivity index (χ4n) is 2.02. The van der Waals surface area contributed by atoms with Crippen LogP contribution in [0, 0.1) is 5.82 Å². The summed E-state index contributed by atoms with van der Waals surface area (Å²) in [5.74, 6) is -0.595. The predicted octanol–water partition coefficient (Wildman–Crippen LogP) is 5.70. The van der Waals surface area contributed by atoms with Gasteiger partial charge < -0.3 is 5.32 Å². The Morgan fingerprint density at radius 1 is 1.17 bits per heavy atom. The molecule has 23 heavy (non-hydrogen) atoms. The third-order valence-corrected chi connectivity index (χ3v) is 4.66. The Hall–Kier alpha value is -1.63. The molecule has 0 fully saturated rings. The Balaban J connectivity index is 2.58. The molecule has 1 N–H and O–H groups in total. The lowest BCUT2D eigenvalue weighted by Crippen LogP contribution is -2.10. The molecule has 126 valence electrons. The first kappa shape index (κ1) is 17.7. The maximum absolute atomic E-state index is 14.0. The highest BCUT2D eigenvalue weighted by molar-refractivity contribution is 7.12. The number of hydrogen-bond donors (Lipinski definition) is 1. The van der Waals surface area contributed by atoms with E-state index >= 15 is 0 Å². The van der Waals surface area contributed by atoms with Crippen LogP contribution in [0.4, 0.5) is 23.2 Å². The minimum Gasteiger partial charge on any atom is -0.383 e. The third kappa shape index (κ3) is 3.83. The van der Waals surface area contributed by atoms with E-state index in [1.54, 1.807) is 20.8 Å². The Kier molecular flexibility index (Phi) is 4.71. The standard InChI is InChI=1S/C16H18F4N2S/c1-5-21-11-7-6-9(8-10(11)17)12-13(16(18,19)20)23-14(22-12)15(2,3)4/h6-8,21H,5H2,1-4H3. The van der Waals surface area contributed by atoms with Crippen LogP contribution in [0.15, 0.2) is 18.2 Å². The van der Waals surface area contributed by atoms with Crippen molar-refractivity contribution in [3.8, 4) is 11.3 Å². The van der Waals surface area contributed by atoms with Crippen molar-refractivity contribution in [2.75, 3.05) is 11.9 Å². The van der Waals surface area contributed by atoms with Crippen LogP contribution in [0.25, 0.3) is 11.3 Å². The zero-order chi connectivity index (χ0) is 17.4. The highest BCUT2D eigenvalue weighted by atomic mass is 32.1. The van der Waals surface area contributed by atoms with Crippen molar-refractivity contribution in [3.05, 3.63) is 33.9 Å². The van der Waals surface area contributed by atoms with Crippen molar-refractivity contribution >= 4 is 17.0 Å². The van der Waals surface area contributed by atoms with Crippen molar-refractivity contribution in [1.29, 1.82) is 0 Å². The second-order valence-corrected chi connectivity index (χ2v) is 7.17. The zero-order valence-electron chi connectivity index (χ0n) is 13.3. The summed E-state index contributed by atoms with van der Waals surface area (Å²) < 4.78 is 53.9. The number of halogens is 4. The quantitative estimate of drug-likeness (QED) is 0.721. The Bertz CT molecular complexity index is 699. The first-order valence-corrected chi connectivity index (χ1v) is 7.98. The van der Waals surface area contributed by atoms with Crippen LogP contribution >= 0.6 is 11.3 Å². The molecule has 0 aliphatic heterocycles. The molecule has 0 saturated heterocycles. The lowest BCUT2D eigenvalue weighted by molar-refractivity contribution is -0.134. The number of benzene rings is 1. The number of alkyl halides is 3. The average molecular weight is 346 g/mol. The number of rotatable bonds is 3. The largest absolute Gasteiger partial charge is 0.427 e. The minimum absolute atomic E-state index is 0.128. The van der Waals surface area contributed by atoms with Crippen LogP contribution < -0.4 is 5.32 Å². The van der Waals surface area contributed by atoms with Gasteiger partial charge in [0.15, 0.2) is 0 Å². The molecule has 2 rings (SSSR count). The smallest absolute Gasteiger partial charge is 0.383 e. The number of aromatic nitrogens is 1. The summed E-state index contributed by atoms with van der Waals surface area (Å²) in [7, 11) is 0. The highest BCUT2D eigenvalue weighted by Gasteiger charge is 2.39. The van der Waals surface area contributed by atoms with Crippen LogP contribution in [0.2, 0.25) is 0 Å². The molecular weight excluding hydrogens is 328 g/mol. The molecule has 0 amide bonds. The summed E-state index contributed by atoms with van der Waals surface area (Å²) in [5, 5.41) is 3.19. The normalized spacial score (nSPS) is 12.5. The van der Waals surface area contributed by atoms with Gasteiger partial charge in [-0.15, -0.1) is 11.3 Å². The number of nitrogens with zero attached hydrogens (tertiary/aromatic N) is 1. The summed E-state index contributed by atoms with van der Waals surface area (Å²) in [6.45, 7) is 7.72. The van der Waals surface area contributed by atoms with Crippen molar-refractivity contribution in [1.82, 2.24) is 4.98 Å². The molecule has 1 heterocycles. The molecule has 2 aromatic rings. The van der Waals surface area contributed by atoms with E-state index in [2.05, 4.69) is 10.3 Å². The van der Waals surface area contributed by atoms with E-state index in [1.807, 2.05) is 6.92 Å². The molecule has 0 spiro atoms. The monoisotopic (exact) mass is 346 g/mol. The van der Waals surface area contributed by atoms with Gasteiger partial charge in [-0.05, 0) is 19.1 Å². The molecule has 2 nitrogen and oxygen atoms in total. The molecule has 1 aromatic heterocycles. The lowest BCUT2D eigenvalue weighted by atomic mass is 9.98. The highest BCUT2D eigenvalue weighted by Crippen LogP contribution is 2.43. The molecular formula is C16H18F4N2S. The van der Waals surface area contributed by atoms with Gasteiger partial charge in [-0.25, -0.2) is 9.37 Å². The number of nitrogens with one attached hydrogen (secondary N) is 1. The fourth-order valence-corrected chi connectivity index (χ4v) is 3.04. The van der Waals surface area contributed by atoms with Crippen LogP contribution in [-0.4, -0.2) is 11.5 Å². The van der Waals surface area contributed by atoms with Crippen LogP contribution in [-0.2, 0) is 11.6 Å². The van der Waals surface area contributed by atoms with Gasteiger partial charge in [-0.1, -0.05) is 26.8 Å². The fraction of sp³-hybridized carbons (Fsp3) is 0.438. The van der Waals surface area contributed by atoms with Gasteiger partial charge in [0.1, 0.15) is 10.7 Å². The summed E-state index contributed by atoms with van der Waals surface area (Å²) in [6.07, 6.45) is -4.52. The number of thiazole rings is 1. The predicted molar refractivity (Wildman–Crippen MR) is 85.4 cm³/mol. The summed E-state index contributed by atoms with van der Waals surface area (Å²) >= 11 is 0.614. The van der Waals surface area contributed by atoms with Gasteiger partial charge >= 0.3 is 6.18 Å². The average Bonchev–Trinajstić information content (AvgIpc) is 2.86. The van der Waals surface area contributed by atoms with E-state index in [0.717, 1.165) is 6.07 Å². The van der Waals surface area contributed by atoms with Gasteiger partial charge in [0.05, 0.1) is 16.4 Å². The SMILES string of the molecule is CCNc1ccc(-c2nc(C(C)(C)C)sc2C(F)(F)F)cc1F. The van der Waals surface area contributed by atoms with Crippen molar-refractivity contribution in [2.24, 2.45) is 0 Å². The molecule has 1 aromatic carbocycles. The molecule has 0 unspecified atom stereocenters. The van der Waals surface area contributed by atoms with E-state index in [9.17, 15) is 17.6 Å². The number of hydrogen-bond acceptors (Lipinski definition) is 3. The Morgan fingerprint density at radius 2 is 1.83 bits per heavy atom. The number of anilines is 1. The topological polar surface area (TPSA) is 24.9 Å². The van der Waals surface area contributed by atoms with Gasteiger partial charge in [0, 0.05) is 17.5 Å². The van der Waals surface area contributed by atoms with Crippen LogP contribution in [0.1, 0.15) is 37.6 Å². The molecule has 0 bridgehead atoms.